The highest BCUT2D eigenvalue weighted by molar-refractivity contribution is 5.90. The Kier molecular flexibility index (Phi) is 4.75. The van der Waals surface area contributed by atoms with Crippen LogP contribution in [0.2, 0.25) is 0 Å². The lowest BCUT2D eigenvalue weighted by Crippen LogP contribution is -2.13. The van der Waals surface area contributed by atoms with Crippen molar-refractivity contribution in [2.24, 2.45) is 5.92 Å². The van der Waals surface area contributed by atoms with Crippen molar-refractivity contribution in [3.05, 3.63) is 65.9 Å². The highest BCUT2D eigenvalue weighted by atomic mass is 16.5. The van der Waals surface area contributed by atoms with E-state index in [-0.39, 0.29) is 0 Å². The highest BCUT2D eigenvalue weighted by Gasteiger charge is 2.24. The summed E-state index contributed by atoms with van der Waals surface area (Å²) in [4.78, 5) is 3.46. The maximum atomic E-state index is 6.20. The fourth-order valence-electron chi connectivity index (χ4n) is 3.54. The van der Waals surface area contributed by atoms with Gasteiger partial charge in [0.2, 0.25) is 0 Å². The van der Waals surface area contributed by atoms with Gasteiger partial charge in [-0.1, -0.05) is 36.4 Å². The molecule has 2 N–H and O–H groups in total. The number of hydrogen-bond acceptors (Lipinski definition) is 2. The van der Waals surface area contributed by atoms with Crippen LogP contribution in [0.25, 0.3) is 10.9 Å². The second kappa shape index (κ2) is 7.32. The van der Waals surface area contributed by atoms with E-state index in [4.69, 9.17) is 4.74 Å². The summed E-state index contributed by atoms with van der Waals surface area (Å²) in [5.74, 6) is 2.13. The molecule has 25 heavy (non-hydrogen) atoms. The minimum Gasteiger partial charge on any atom is -0.493 e. The average Bonchev–Trinajstić information content (AvgIpc) is 3.39. The first-order valence-electron chi connectivity index (χ1n) is 9.29. The molecule has 1 aliphatic carbocycles. The number of benzene rings is 2. The van der Waals surface area contributed by atoms with Gasteiger partial charge in [0, 0.05) is 23.0 Å². The standard InChI is InChI=1S/C22H26N2O/c1-23-13-12-18(17-6-3-2-4-7-17)19-14-24-20-8-5-9-21(22(19)20)25-15-16-10-11-16/h2-9,14,16,18,23-24H,10-13,15H2,1H3. The summed E-state index contributed by atoms with van der Waals surface area (Å²) in [6.45, 7) is 1.83. The van der Waals surface area contributed by atoms with E-state index in [0.29, 0.717) is 5.92 Å². The Balaban J connectivity index is 1.74. The van der Waals surface area contributed by atoms with Gasteiger partial charge in [0.05, 0.1) is 6.61 Å². The molecule has 1 atom stereocenters. The van der Waals surface area contributed by atoms with Crippen molar-refractivity contribution in [3.8, 4) is 5.75 Å². The molecule has 1 aliphatic rings. The van der Waals surface area contributed by atoms with E-state index in [1.54, 1.807) is 0 Å². The van der Waals surface area contributed by atoms with Crippen molar-refractivity contribution in [2.45, 2.75) is 25.2 Å². The molecule has 1 aromatic heterocycles. The number of aromatic nitrogens is 1. The molecular weight excluding hydrogens is 308 g/mol. The number of ether oxygens (including phenoxy) is 1. The zero-order valence-corrected chi connectivity index (χ0v) is 14.8. The van der Waals surface area contributed by atoms with E-state index < -0.39 is 0 Å². The SMILES string of the molecule is CNCCC(c1ccccc1)c1c[nH]c2cccc(OCC3CC3)c12. The third-order valence-corrected chi connectivity index (χ3v) is 5.13. The Morgan fingerprint density at radius 1 is 1.12 bits per heavy atom. The van der Waals surface area contributed by atoms with Gasteiger partial charge in [0.15, 0.2) is 0 Å². The van der Waals surface area contributed by atoms with Crippen LogP contribution in [-0.4, -0.2) is 25.2 Å². The van der Waals surface area contributed by atoms with E-state index in [9.17, 15) is 0 Å². The third-order valence-electron chi connectivity index (χ3n) is 5.13. The first-order valence-corrected chi connectivity index (χ1v) is 9.29. The summed E-state index contributed by atoms with van der Waals surface area (Å²) in [6.07, 6.45) is 5.85. The van der Waals surface area contributed by atoms with Crippen LogP contribution in [-0.2, 0) is 0 Å². The second-order valence-corrected chi connectivity index (χ2v) is 7.03. The van der Waals surface area contributed by atoms with Gasteiger partial charge < -0.3 is 15.0 Å². The predicted molar refractivity (Wildman–Crippen MR) is 103 cm³/mol. The number of nitrogens with one attached hydrogen (secondary N) is 2. The summed E-state index contributed by atoms with van der Waals surface area (Å²) >= 11 is 0. The van der Waals surface area contributed by atoms with Gasteiger partial charge in [-0.25, -0.2) is 0 Å². The van der Waals surface area contributed by atoms with Crippen LogP contribution in [0, 0.1) is 5.92 Å². The number of H-pyrrole nitrogens is 1. The molecular formula is C22H26N2O. The molecule has 0 radical (unpaired) electrons. The number of rotatable bonds is 8. The fraction of sp³-hybridized carbons (Fsp3) is 0.364. The molecule has 130 valence electrons. The topological polar surface area (TPSA) is 37.0 Å². The smallest absolute Gasteiger partial charge is 0.128 e. The highest BCUT2D eigenvalue weighted by Crippen LogP contribution is 2.38. The number of hydrogen-bond donors (Lipinski definition) is 2. The van der Waals surface area contributed by atoms with Crippen molar-refractivity contribution in [3.63, 3.8) is 0 Å². The van der Waals surface area contributed by atoms with Crippen molar-refractivity contribution in [1.82, 2.24) is 10.3 Å². The van der Waals surface area contributed by atoms with Crippen LogP contribution in [0.5, 0.6) is 5.75 Å². The van der Waals surface area contributed by atoms with E-state index in [2.05, 4.69) is 65.0 Å². The summed E-state index contributed by atoms with van der Waals surface area (Å²) in [6, 6.07) is 17.1. The lowest BCUT2D eigenvalue weighted by atomic mass is 9.88. The Hall–Kier alpha value is -2.26. The van der Waals surface area contributed by atoms with E-state index in [1.807, 2.05) is 7.05 Å². The third kappa shape index (κ3) is 3.57. The minimum absolute atomic E-state index is 0.355. The van der Waals surface area contributed by atoms with E-state index >= 15 is 0 Å². The molecule has 3 heteroatoms. The predicted octanol–water partition coefficient (Wildman–Crippen LogP) is 4.70. The van der Waals surface area contributed by atoms with Gasteiger partial charge in [-0.05, 0) is 62.0 Å². The van der Waals surface area contributed by atoms with Crippen LogP contribution >= 0.6 is 0 Å². The van der Waals surface area contributed by atoms with Crippen LogP contribution in [0.15, 0.2) is 54.7 Å². The zero-order chi connectivity index (χ0) is 17.1. The lowest BCUT2D eigenvalue weighted by molar-refractivity contribution is 0.303. The van der Waals surface area contributed by atoms with Crippen LogP contribution in [0.3, 0.4) is 0 Å². The van der Waals surface area contributed by atoms with Gasteiger partial charge in [0.1, 0.15) is 5.75 Å². The summed E-state index contributed by atoms with van der Waals surface area (Å²) in [5.41, 5.74) is 3.85. The van der Waals surface area contributed by atoms with Gasteiger partial charge in [-0.2, -0.15) is 0 Å². The molecule has 0 bridgehead atoms. The first kappa shape index (κ1) is 16.2. The fourth-order valence-corrected chi connectivity index (χ4v) is 3.54. The maximum absolute atomic E-state index is 6.20. The molecule has 1 saturated carbocycles. The minimum atomic E-state index is 0.355. The molecule has 0 spiro atoms. The normalized spacial score (nSPS) is 15.4. The van der Waals surface area contributed by atoms with Crippen molar-refractivity contribution < 1.29 is 4.74 Å². The van der Waals surface area contributed by atoms with E-state index in [0.717, 1.165) is 36.8 Å². The van der Waals surface area contributed by atoms with Crippen molar-refractivity contribution in [2.75, 3.05) is 20.2 Å². The van der Waals surface area contributed by atoms with Crippen LogP contribution in [0.4, 0.5) is 0 Å². The van der Waals surface area contributed by atoms with E-state index in [1.165, 1.54) is 29.4 Å². The summed E-state index contributed by atoms with van der Waals surface area (Å²) < 4.78 is 6.20. The maximum Gasteiger partial charge on any atom is 0.128 e. The van der Waals surface area contributed by atoms with Crippen molar-refractivity contribution >= 4 is 10.9 Å². The number of aromatic amines is 1. The molecule has 3 aromatic rings. The second-order valence-electron chi connectivity index (χ2n) is 7.03. The Labute approximate surface area is 149 Å². The molecule has 0 saturated heterocycles. The Morgan fingerprint density at radius 3 is 2.72 bits per heavy atom. The quantitative estimate of drug-likeness (QED) is 0.626. The van der Waals surface area contributed by atoms with Crippen LogP contribution < -0.4 is 10.1 Å². The summed E-state index contributed by atoms with van der Waals surface area (Å²) in [5, 5.41) is 4.54. The van der Waals surface area contributed by atoms with Crippen LogP contribution in [0.1, 0.15) is 36.3 Å². The zero-order valence-electron chi connectivity index (χ0n) is 14.8. The van der Waals surface area contributed by atoms with Gasteiger partial charge in [-0.15, -0.1) is 0 Å². The molecule has 0 amide bonds. The molecule has 3 nitrogen and oxygen atoms in total. The first-order chi connectivity index (χ1) is 12.4. The molecule has 1 unspecified atom stereocenters. The largest absolute Gasteiger partial charge is 0.493 e. The molecule has 0 aliphatic heterocycles. The Bertz CT molecular complexity index is 820. The molecule has 4 rings (SSSR count). The van der Waals surface area contributed by atoms with Crippen molar-refractivity contribution in [1.29, 1.82) is 0 Å². The van der Waals surface area contributed by atoms with Gasteiger partial charge >= 0.3 is 0 Å². The molecule has 1 fully saturated rings. The monoisotopic (exact) mass is 334 g/mol. The molecule has 2 aromatic carbocycles. The average molecular weight is 334 g/mol. The van der Waals surface area contributed by atoms with Gasteiger partial charge in [-0.3, -0.25) is 0 Å². The lowest BCUT2D eigenvalue weighted by Gasteiger charge is -2.18. The Morgan fingerprint density at radius 2 is 1.96 bits per heavy atom. The summed E-state index contributed by atoms with van der Waals surface area (Å²) in [7, 11) is 2.02. The molecule has 1 heterocycles. The van der Waals surface area contributed by atoms with Gasteiger partial charge in [0.25, 0.3) is 0 Å². The number of fused-ring (bicyclic) bond motifs is 1.